The normalized spacial score (nSPS) is 18.3. The molecule has 188 valence electrons. The number of hydrogen-bond donors (Lipinski definition) is 1. The Bertz CT molecular complexity index is 1340. The van der Waals surface area contributed by atoms with Gasteiger partial charge in [0.2, 0.25) is 11.8 Å². The Morgan fingerprint density at radius 2 is 1.70 bits per heavy atom. The summed E-state index contributed by atoms with van der Waals surface area (Å²) in [5.41, 5.74) is 3.70. The molecule has 1 aliphatic rings. The minimum Gasteiger partial charge on any atom is -0.497 e. The minimum absolute atomic E-state index is 0.00575. The predicted octanol–water partition coefficient (Wildman–Crippen LogP) is 5.24. The molecule has 1 saturated heterocycles. The van der Waals surface area contributed by atoms with Crippen molar-refractivity contribution in [3.63, 3.8) is 0 Å². The van der Waals surface area contributed by atoms with Crippen molar-refractivity contribution in [1.82, 2.24) is 14.9 Å². The molecule has 1 fully saturated rings. The van der Waals surface area contributed by atoms with Crippen molar-refractivity contribution in [3.8, 4) is 11.4 Å². The topological polar surface area (TPSA) is 76.5 Å². The number of nitrogens with one attached hydrogen (secondary N) is 1. The maximum absolute atomic E-state index is 13.7. The Morgan fingerprint density at radius 1 is 1.00 bits per heavy atom. The summed E-state index contributed by atoms with van der Waals surface area (Å²) < 4.78 is 7.23. The summed E-state index contributed by atoms with van der Waals surface area (Å²) in [4.78, 5) is 32.8. The molecule has 5 rings (SSSR count). The number of hydrogen-bond acceptors (Lipinski definition) is 4. The number of anilines is 1. The van der Waals surface area contributed by atoms with Crippen molar-refractivity contribution >= 4 is 17.5 Å². The Balaban J connectivity index is 1.40. The van der Waals surface area contributed by atoms with E-state index in [-0.39, 0.29) is 17.9 Å². The van der Waals surface area contributed by atoms with Crippen LogP contribution in [0.4, 0.5) is 5.69 Å². The number of imidazole rings is 1. The van der Waals surface area contributed by atoms with E-state index in [1.54, 1.807) is 24.5 Å². The van der Waals surface area contributed by atoms with Gasteiger partial charge in [0.1, 0.15) is 5.75 Å². The van der Waals surface area contributed by atoms with E-state index in [2.05, 4.69) is 10.3 Å². The van der Waals surface area contributed by atoms with Crippen LogP contribution in [0, 0.1) is 5.92 Å². The number of benzene rings is 3. The predicted molar refractivity (Wildman–Crippen MR) is 143 cm³/mol. The highest BCUT2D eigenvalue weighted by Crippen LogP contribution is 2.40. The van der Waals surface area contributed by atoms with Crippen molar-refractivity contribution < 1.29 is 14.3 Å². The fourth-order valence-corrected chi connectivity index (χ4v) is 5.00. The maximum Gasteiger partial charge on any atom is 0.227 e. The smallest absolute Gasteiger partial charge is 0.227 e. The zero-order valence-corrected chi connectivity index (χ0v) is 21.0. The number of aromatic nitrogens is 2. The molecule has 0 spiro atoms. The number of piperidine rings is 1. The van der Waals surface area contributed by atoms with Gasteiger partial charge in [0, 0.05) is 30.2 Å². The van der Waals surface area contributed by atoms with Gasteiger partial charge in [-0.3, -0.25) is 9.59 Å². The van der Waals surface area contributed by atoms with Crippen LogP contribution in [0.1, 0.15) is 43.0 Å². The minimum atomic E-state index is -0.410. The summed E-state index contributed by atoms with van der Waals surface area (Å²) in [6.45, 7) is 1.98. The van der Waals surface area contributed by atoms with Gasteiger partial charge in [0.15, 0.2) is 0 Å². The molecule has 2 amide bonds. The zero-order valence-electron chi connectivity index (χ0n) is 21.0. The lowest BCUT2D eigenvalue weighted by atomic mass is 9.83. The lowest BCUT2D eigenvalue weighted by Crippen LogP contribution is -2.48. The van der Waals surface area contributed by atoms with Gasteiger partial charge < -0.3 is 19.5 Å². The van der Waals surface area contributed by atoms with Crippen molar-refractivity contribution in [2.45, 2.75) is 31.8 Å². The van der Waals surface area contributed by atoms with Crippen LogP contribution in [-0.4, -0.2) is 28.5 Å². The van der Waals surface area contributed by atoms with Crippen molar-refractivity contribution in [2.24, 2.45) is 5.92 Å². The third-order valence-corrected chi connectivity index (χ3v) is 6.98. The van der Waals surface area contributed by atoms with Gasteiger partial charge in [0.25, 0.3) is 0 Å². The van der Waals surface area contributed by atoms with E-state index in [0.717, 1.165) is 22.5 Å². The first-order chi connectivity index (χ1) is 18.0. The van der Waals surface area contributed by atoms with E-state index >= 15 is 0 Å². The van der Waals surface area contributed by atoms with Gasteiger partial charge in [-0.1, -0.05) is 42.5 Å². The molecule has 37 heavy (non-hydrogen) atoms. The molecule has 3 atom stereocenters. The Kier molecular flexibility index (Phi) is 7.03. The molecule has 7 heteroatoms. The molecule has 3 unspecified atom stereocenters. The quantitative estimate of drug-likeness (QED) is 0.381. The first-order valence-electron chi connectivity index (χ1n) is 12.4. The van der Waals surface area contributed by atoms with Crippen LogP contribution < -0.4 is 15.0 Å². The van der Waals surface area contributed by atoms with Gasteiger partial charge in [-0.2, -0.15) is 0 Å². The molecular weight excluding hydrogens is 464 g/mol. The summed E-state index contributed by atoms with van der Waals surface area (Å²) in [5, 5.41) is 3.21. The van der Waals surface area contributed by atoms with Crippen LogP contribution in [0.15, 0.2) is 97.6 Å². The van der Waals surface area contributed by atoms with Crippen LogP contribution in [-0.2, 0) is 9.59 Å². The van der Waals surface area contributed by atoms with Gasteiger partial charge in [0.05, 0.1) is 31.4 Å². The summed E-state index contributed by atoms with van der Waals surface area (Å²) in [6, 6.07) is 24.7. The largest absolute Gasteiger partial charge is 0.497 e. The summed E-state index contributed by atoms with van der Waals surface area (Å²) >= 11 is 0. The first-order valence-corrected chi connectivity index (χ1v) is 12.4. The van der Waals surface area contributed by atoms with Crippen molar-refractivity contribution in [1.29, 1.82) is 0 Å². The third-order valence-electron chi connectivity index (χ3n) is 6.98. The maximum atomic E-state index is 13.7. The average molecular weight is 495 g/mol. The van der Waals surface area contributed by atoms with Crippen molar-refractivity contribution in [2.75, 3.05) is 12.0 Å². The fraction of sp³-hybridized carbons (Fsp3) is 0.233. The molecule has 1 N–H and O–H groups in total. The second-order valence-electron chi connectivity index (χ2n) is 9.25. The third kappa shape index (κ3) is 5.11. The molecular formula is C30H30N4O3. The lowest BCUT2D eigenvalue weighted by Gasteiger charge is -2.41. The van der Waals surface area contributed by atoms with E-state index in [4.69, 9.17) is 4.74 Å². The van der Waals surface area contributed by atoms with Crippen LogP contribution >= 0.6 is 0 Å². The molecule has 1 aromatic heterocycles. The van der Waals surface area contributed by atoms with Gasteiger partial charge in [-0.25, -0.2) is 4.98 Å². The molecule has 4 aromatic rings. The molecule has 7 nitrogen and oxygen atoms in total. The number of methoxy groups -OCH3 is 1. The molecule has 0 bridgehead atoms. The van der Waals surface area contributed by atoms with E-state index in [1.165, 1.54) is 0 Å². The number of rotatable bonds is 7. The zero-order chi connectivity index (χ0) is 25.8. The summed E-state index contributed by atoms with van der Waals surface area (Å²) in [7, 11) is 1.61. The van der Waals surface area contributed by atoms with Crippen molar-refractivity contribution in [3.05, 3.63) is 109 Å². The van der Waals surface area contributed by atoms with Crippen LogP contribution in [0.3, 0.4) is 0 Å². The summed E-state index contributed by atoms with van der Waals surface area (Å²) in [5.74, 6) is 0.263. The van der Waals surface area contributed by atoms with Gasteiger partial charge in [-0.15, -0.1) is 0 Å². The number of nitrogens with zero attached hydrogens (tertiary/aromatic N) is 3. The van der Waals surface area contributed by atoms with Crippen LogP contribution in [0.5, 0.6) is 5.75 Å². The standard InChI is InChI=1S/C30H30N4O3/c1-21(22-8-10-24(11-9-22)33-19-18-31-20-33)32-30(36)27-16-17-28(35)34(25-12-14-26(37-2)15-13-25)29(27)23-6-4-3-5-7-23/h3-15,18-21,27,29H,16-17H2,1-2H3,(H,32,36). The second-order valence-corrected chi connectivity index (χ2v) is 9.25. The Hall–Kier alpha value is -4.39. The van der Waals surface area contributed by atoms with E-state index in [9.17, 15) is 9.59 Å². The lowest BCUT2D eigenvalue weighted by molar-refractivity contribution is -0.129. The first kappa shape index (κ1) is 24.3. The number of amides is 2. The highest BCUT2D eigenvalue weighted by Gasteiger charge is 2.41. The SMILES string of the molecule is COc1ccc(N2C(=O)CCC(C(=O)NC(C)c3ccc(-n4ccnc4)cc3)C2c2ccccc2)cc1. The Labute approximate surface area is 216 Å². The highest BCUT2D eigenvalue weighted by molar-refractivity contribution is 5.97. The number of carbonyl (C=O) groups excluding carboxylic acids is 2. The molecule has 0 saturated carbocycles. The van der Waals surface area contributed by atoms with Gasteiger partial charge >= 0.3 is 0 Å². The monoisotopic (exact) mass is 494 g/mol. The average Bonchev–Trinajstić information content (AvgIpc) is 3.49. The molecule has 3 aromatic carbocycles. The molecule has 1 aliphatic heterocycles. The van der Waals surface area contributed by atoms with E-state index in [1.807, 2.05) is 96.6 Å². The van der Waals surface area contributed by atoms with E-state index in [0.29, 0.717) is 18.6 Å². The molecule has 2 heterocycles. The highest BCUT2D eigenvalue weighted by atomic mass is 16.5. The van der Waals surface area contributed by atoms with Crippen LogP contribution in [0.2, 0.25) is 0 Å². The summed E-state index contributed by atoms with van der Waals surface area (Å²) in [6.07, 6.45) is 6.18. The molecule has 0 aliphatic carbocycles. The number of carbonyl (C=O) groups is 2. The Morgan fingerprint density at radius 3 is 2.35 bits per heavy atom. The fourth-order valence-electron chi connectivity index (χ4n) is 5.00. The number of ether oxygens (including phenoxy) is 1. The molecule has 0 radical (unpaired) electrons. The van der Waals surface area contributed by atoms with E-state index < -0.39 is 12.0 Å². The van der Waals surface area contributed by atoms with Gasteiger partial charge in [-0.05, 0) is 60.9 Å². The second kappa shape index (κ2) is 10.7. The van der Waals surface area contributed by atoms with Crippen LogP contribution in [0.25, 0.3) is 5.69 Å².